The van der Waals surface area contributed by atoms with Gasteiger partial charge in [-0.1, -0.05) is 0 Å². The first kappa shape index (κ1) is 13.8. The molecule has 0 radical (unpaired) electrons. The summed E-state index contributed by atoms with van der Waals surface area (Å²) in [5.41, 5.74) is 0. The zero-order chi connectivity index (χ0) is 13.8. The van der Waals surface area contributed by atoms with Gasteiger partial charge in [0.05, 0.1) is 13.1 Å². The largest absolute Gasteiger partial charge is 0.462 e. The summed E-state index contributed by atoms with van der Waals surface area (Å²) in [5.74, 6) is 1.97. The van der Waals surface area contributed by atoms with Gasteiger partial charge in [-0.2, -0.15) is 0 Å². The zero-order valence-corrected chi connectivity index (χ0v) is 12.6. The van der Waals surface area contributed by atoms with Crippen molar-refractivity contribution in [2.75, 3.05) is 13.7 Å². The van der Waals surface area contributed by atoms with E-state index >= 15 is 0 Å². The van der Waals surface area contributed by atoms with E-state index in [1.54, 1.807) is 11.3 Å². The van der Waals surface area contributed by atoms with E-state index in [4.69, 9.17) is 9.15 Å². The van der Waals surface area contributed by atoms with Crippen LogP contribution in [-0.4, -0.2) is 23.5 Å². The molecule has 1 saturated heterocycles. The maximum atomic E-state index is 5.93. The number of ether oxygens (including phenoxy) is 1. The lowest BCUT2D eigenvalue weighted by Crippen LogP contribution is -2.16. The highest BCUT2D eigenvalue weighted by molar-refractivity contribution is 7.09. The molecule has 1 unspecified atom stereocenters. The van der Waals surface area contributed by atoms with Gasteiger partial charge in [-0.3, -0.25) is 4.90 Å². The van der Waals surface area contributed by atoms with Gasteiger partial charge >= 0.3 is 0 Å². The summed E-state index contributed by atoms with van der Waals surface area (Å²) in [5, 5.41) is 3.14. The second-order valence-electron chi connectivity index (χ2n) is 5.26. The van der Waals surface area contributed by atoms with Gasteiger partial charge in [0.15, 0.2) is 0 Å². The molecule has 0 N–H and O–H groups in total. The molecule has 3 heterocycles. The van der Waals surface area contributed by atoms with Crippen LogP contribution in [-0.2, 0) is 17.8 Å². The van der Waals surface area contributed by atoms with Crippen molar-refractivity contribution in [1.29, 1.82) is 0 Å². The second kappa shape index (κ2) is 6.52. The van der Waals surface area contributed by atoms with Crippen LogP contribution in [0.5, 0.6) is 0 Å². The average Bonchev–Trinajstić information content (AvgIpc) is 3.11. The summed E-state index contributed by atoms with van der Waals surface area (Å²) in [6.45, 7) is 2.50. The number of hydrogen-bond acceptors (Lipinski definition) is 5. The van der Waals surface area contributed by atoms with Crippen molar-refractivity contribution < 1.29 is 9.15 Å². The summed E-state index contributed by atoms with van der Waals surface area (Å²) in [6, 6.07) is 4.12. The van der Waals surface area contributed by atoms with Gasteiger partial charge in [0, 0.05) is 18.2 Å². The lowest BCUT2D eigenvalue weighted by Gasteiger charge is -2.20. The molecule has 0 aromatic carbocycles. The third-order valence-corrected chi connectivity index (χ3v) is 4.26. The minimum absolute atomic E-state index is 0.154. The molecule has 1 atom stereocenters. The van der Waals surface area contributed by atoms with E-state index < -0.39 is 0 Å². The van der Waals surface area contributed by atoms with Crippen LogP contribution in [0.15, 0.2) is 28.1 Å². The second-order valence-corrected chi connectivity index (χ2v) is 6.24. The molecule has 1 aliphatic rings. The molecule has 0 spiro atoms. The van der Waals surface area contributed by atoms with Crippen LogP contribution in [0.25, 0.3) is 0 Å². The number of hydrogen-bond donors (Lipinski definition) is 0. The smallest absolute Gasteiger partial charge is 0.133 e. The Morgan fingerprint density at radius 2 is 2.30 bits per heavy atom. The van der Waals surface area contributed by atoms with E-state index in [9.17, 15) is 0 Å². The minimum atomic E-state index is 0.154. The molecular formula is C15H20N2O2S. The summed E-state index contributed by atoms with van der Waals surface area (Å²) < 4.78 is 11.7. The monoisotopic (exact) mass is 292 g/mol. The highest BCUT2D eigenvalue weighted by atomic mass is 32.1. The third kappa shape index (κ3) is 3.48. The van der Waals surface area contributed by atoms with Crippen LogP contribution in [0.1, 0.15) is 41.9 Å². The van der Waals surface area contributed by atoms with E-state index in [2.05, 4.69) is 29.1 Å². The van der Waals surface area contributed by atoms with Crippen molar-refractivity contribution in [3.63, 3.8) is 0 Å². The first-order valence-electron chi connectivity index (χ1n) is 7.08. The van der Waals surface area contributed by atoms with Crippen LogP contribution in [0.2, 0.25) is 0 Å². The fraction of sp³-hybridized carbons (Fsp3) is 0.533. The number of rotatable bonds is 5. The van der Waals surface area contributed by atoms with Gasteiger partial charge in [-0.25, -0.2) is 4.98 Å². The van der Waals surface area contributed by atoms with Crippen LogP contribution < -0.4 is 0 Å². The summed E-state index contributed by atoms with van der Waals surface area (Å²) in [7, 11) is 2.08. The predicted octanol–water partition coefficient (Wildman–Crippen LogP) is 3.61. The van der Waals surface area contributed by atoms with Crippen LogP contribution in [0, 0.1) is 0 Å². The predicted molar refractivity (Wildman–Crippen MR) is 78.5 cm³/mol. The first-order chi connectivity index (χ1) is 9.81. The lowest BCUT2D eigenvalue weighted by atomic mass is 10.1. The van der Waals surface area contributed by atoms with Gasteiger partial charge in [-0.05, 0) is 38.4 Å². The van der Waals surface area contributed by atoms with E-state index in [1.165, 1.54) is 12.8 Å². The molecule has 2 aromatic heterocycles. The van der Waals surface area contributed by atoms with Crippen molar-refractivity contribution in [1.82, 2.24) is 9.88 Å². The summed E-state index contributed by atoms with van der Waals surface area (Å²) in [6.07, 6.45) is 5.47. The average molecular weight is 292 g/mol. The maximum absolute atomic E-state index is 5.93. The molecule has 3 rings (SSSR count). The normalized spacial score (nSPS) is 19.6. The summed E-state index contributed by atoms with van der Waals surface area (Å²) >= 11 is 1.69. The fourth-order valence-corrected chi connectivity index (χ4v) is 3.20. The number of thiazole rings is 1. The molecule has 1 fully saturated rings. The van der Waals surface area contributed by atoms with Gasteiger partial charge in [0.25, 0.3) is 0 Å². The van der Waals surface area contributed by atoms with E-state index in [-0.39, 0.29) is 6.10 Å². The van der Waals surface area contributed by atoms with Crippen molar-refractivity contribution in [2.45, 2.75) is 38.5 Å². The van der Waals surface area contributed by atoms with Crippen molar-refractivity contribution in [2.24, 2.45) is 0 Å². The molecule has 108 valence electrons. The molecule has 4 nitrogen and oxygen atoms in total. The van der Waals surface area contributed by atoms with Gasteiger partial charge < -0.3 is 9.15 Å². The van der Waals surface area contributed by atoms with E-state index in [1.807, 2.05) is 11.6 Å². The number of nitrogens with zero attached hydrogens (tertiary/aromatic N) is 2. The first-order valence-corrected chi connectivity index (χ1v) is 7.96. The zero-order valence-electron chi connectivity index (χ0n) is 11.7. The van der Waals surface area contributed by atoms with Gasteiger partial charge in [-0.15, -0.1) is 11.3 Å². The van der Waals surface area contributed by atoms with Crippen LogP contribution in [0.3, 0.4) is 0 Å². The lowest BCUT2D eigenvalue weighted by molar-refractivity contribution is 0.000907. The molecule has 1 aliphatic heterocycles. The number of furan rings is 1. The Morgan fingerprint density at radius 1 is 1.35 bits per heavy atom. The Labute approximate surface area is 123 Å². The van der Waals surface area contributed by atoms with Gasteiger partial charge in [0.1, 0.15) is 22.6 Å². The van der Waals surface area contributed by atoms with Crippen LogP contribution >= 0.6 is 11.3 Å². The molecule has 5 heteroatoms. The quantitative estimate of drug-likeness (QED) is 0.844. The Bertz CT molecular complexity index is 518. The molecular weight excluding hydrogens is 272 g/mol. The Morgan fingerprint density at radius 3 is 3.05 bits per heavy atom. The highest BCUT2D eigenvalue weighted by Crippen LogP contribution is 2.29. The molecule has 2 aromatic rings. The van der Waals surface area contributed by atoms with E-state index in [0.29, 0.717) is 0 Å². The van der Waals surface area contributed by atoms with Gasteiger partial charge in [0.2, 0.25) is 0 Å². The minimum Gasteiger partial charge on any atom is -0.462 e. The van der Waals surface area contributed by atoms with Crippen molar-refractivity contribution in [3.05, 3.63) is 40.2 Å². The van der Waals surface area contributed by atoms with Crippen molar-refractivity contribution in [3.8, 4) is 0 Å². The molecule has 0 saturated carbocycles. The van der Waals surface area contributed by atoms with E-state index in [0.717, 1.165) is 42.6 Å². The fourth-order valence-electron chi connectivity index (χ4n) is 2.50. The Balaban J connectivity index is 1.56. The number of aromatic nitrogens is 1. The SMILES string of the molecule is CN(Cc1ccc(C2CCCCO2)o1)Cc1nccs1. The maximum Gasteiger partial charge on any atom is 0.133 e. The van der Waals surface area contributed by atoms with Crippen molar-refractivity contribution >= 4 is 11.3 Å². The summed E-state index contributed by atoms with van der Waals surface area (Å²) in [4.78, 5) is 6.51. The highest BCUT2D eigenvalue weighted by Gasteiger charge is 2.19. The molecule has 0 amide bonds. The Hall–Kier alpha value is -1.17. The topological polar surface area (TPSA) is 38.5 Å². The Kier molecular flexibility index (Phi) is 4.50. The molecule has 0 aliphatic carbocycles. The standard InChI is InChI=1S/C15H20N2O2S/c1-17(11-15-16-7-9-20-15)10-12-5-6-14(19-12)13-4-2-3-8-18-13/h5-7,9,13H,2-4,8,10-11H2,1H3. The van der Waals surface area contributed by atoms with Crippen LogP contribution in [0.4, 0.5) is 0 Å². The molecule has 20 heavy (non-hydrogen) atoms. The third-order valence-electron chi connectivity index (χ3n) is 3.49. The molecule has 0 bridgehead atoms.